The molecule has 0 atom stereocenters. The molecule has 1 N–H and O–H groups in total. The highest BCUT2D eigenvalue weighted by molar-refractivity contribution is 7.99. The van der Waals surface area contributed by atoms with Gasteiger partial charge in [0.2, 0.25) is 0 Å². The number of Topliss-reactive ketones (excluding diaryl/α,β-unsaturated/α-hetero) is 1. The third-order valence-electron chi connectivity index (χ3n) is 4.94. The van der Waals surface area contributed by atoms with Crippen LogP contribution in [0.15, 0.2) is 90.1 Å². The molecule has 4 aromatic rings. The molecule has 1 heterocycles. The van der Waals surface area contributed by atoms with Crippen molar-refractivity contribution >= 4 is 17.5 Å². The minimum absolute atomic E-state index is 0.137. The standard InChI is InChI=1S/C25H23N3O2S/c29-21(17-20-11-5-2-6-12-20)18-31-25-27-26-24(22-13-7-8-14-23(22)30)28(25)16-15-19-9-3-1-4-10-19/h1-14,30H,15-18H2. The second-order valence-electron chi connectivity index (χ2n) is 7.20. The number of phenols is 1. The second-order valence-corrected chi connectivity index (χ2v) is 8.14. The third-order valence-corrected chi connectivity index (χ3v) is 5.96. The van der Waals surface area contributed by atoms with E-state index < -0.39 is 0 Å². The number of para-hydroxylation sites is 1. The van der Waals surface area contributed by atoms with Gasteiger partial charge in [-0.25, -0.2) is 0 Å². The molecule has 0 unspecified atom stereocenters. The highest BCUT2D eigenvalue weighted by Gasteiger charge is 2.18. The first-order valence-corrected chi connectivity index (χ1v) is 11.1. The van der Waals surface area contributed by atoms with E-state index in [0.717, 1.165) is 12.0 Å². The third kappa shape index (κ3) is 5.41. The van der Waals surface area contributed by atoms with Crippen LogP contribution in [0, 0.1) is 0 Å². The zero-order valence-electron chi connectivity index (χ0n) is 17.0. The maximum Gasteiger partial charge on any atom is 0.191 e. The monoisotopic (exact) mass is 429 g/mol. The molecule has 156 valence electrons. The molecular weight excluding hydrogens is 406 g/mol. The summed E-state index contributed by atoms with van der Waals surface area (Å²) >= 11 is 1.39. The van der Waals surface area contributed by atoms with Gasteiger partial charge < -0.3 is 9.67 Å². The van der Waals surface area contributed by atoms with Crippen LogP contribution in [-0.4, -0.2) is 31.4 Å². The molecule has 0 radical (unpaired) electrons. The lowest BCUT2D eigenvalue weighted by Crippen LogP contribution is -2.09. The Bertz CT molecular complexity index is 1140. The number of hydrogen-bond acceptors (Lipinski definition) is 5. The van der Waals surface area contributed by atoms with Gasteiger partial charge in [-0.15, -0.1) is 10.2 Å². The van der Waals surface area contributed by atoms with Gasteiger partial charge in [-0.05, 0) is 29.7 Å². The summed E-state index contributed by atoms with van der Waals surface area (Å²) in [7, 11) is 0. The van der Waals surface area contributed by atoms with Crippen LogP contribution < -0.4 is 0 Å². The average molecular weight is 430 g/mol. The fourth-order valence-corrected chi connectivity index (χ4v) is 4.19. The van der Waals surface area contributed by atoms with Crippen LogP contribution in [0.3, 0.4) is 0 Å². The molecule has 0 spiro atoms. The van der Waals surface area contributed by atoms with Crippen molar-refractivity contribution in [1.29, 1.82) is 0 Å². The first-order valence-electron chi connectivity index (χ1n) is 10.1. The van der Waals surface area contributed by atoms with E-state index in [1.54, 1.807) is 12.1 Å². The van der Waals surface area contributed by atoms with Gasteiger partial charge >= 0.3 is 0 Å². The van der Waals surface area contributed by atoms with Gasteiger partial charge in [-0.3, -0.25) is 4.79 Å². The minimum atomic E-state index is 0.137. The summed E-state index contributed by atoms with van der Waals surface area (Å²) in [5.74, 6) is 1.22. The first-order chi connectivity index (χ1) is 15.2. The number of benzene rings is 3. The van der Waals surface area contributed by atoms with Crippen molar-refractivity contribution in [2.45, 2.75) is 24.5 Å². The Labute approximate surface area is 185 Å². The summed E-state index contributed by atoms with van der Waals surface area (Å²) in [6.07, 6.45) is 1.20. The Morgan fingerprint density at radius 3 is 2.19 bits per heavy atom. The van der Waals surface area contributed by atoms with Crippen molar-refractivity contribution in [3.8, 4) is 17.1 Å². The largest absolute Gasteiger partial charge is 0.507 e. The summed E-state index contributed by atoms with van der Waals surface area (Å²) in [5, 5.41) is 19.7. The molecule has 4 rings (SSSR count). The molecule has 0 fully saturated rings. The lowest BCUT2D eigenvalue weighted by Gasteiger charge is -2.11. The second kappa shape index (κ2) is 10.1. The zero-order valence-corrected chi connectivity index (χ0v) is 17.8. The summed E-state index contributed by atoms with van der Waals surface area (Å²) in [5.41, 5.74) is 2.84. The maximum absolute atomic E-state index is 12.5. The summed E-state index contributed by atoms with van der Waals surface area (Å²) < 4.78 is 1.99. The van der Waals surface area contributed by atoms with Gasteiger partial charge in [-0.1, -0.05) is 84.6 Å². The Balaban J connectivity index is 1.53. The van der Waals surface area contributed by atoms with E-state index in [1.165, 1.54) is 17.3 Å². The molecule has 6 heteroatoms. The molecule has 0 aliphatic carbocycles. The fraction of sp³-hybridized carbons (Fsp3) is 0.160. The van der Waals surface area contributed by atoms with Crippen LogP contribution in [0.1, 0.15) is 11.1 Å². The highest BCUT2D eigenvalue weighted by atomic mass is 32.2. The van der Waals surface area contributed by atoms with E-state index in [2.05, 4.69) is 22.3 Å². The zero-order chi connectivity index (χ0) is 21.5. The summed E-state index contributed by atoms with van der Waals surface area (Å²) in [6.45, 7) is 0.649. The van der Waals surface area contributed by atoms with Crippen molar-refractivity contribution in [3.05, 3.63) is 96.1 Å². The topological polar surface area (TPSA) is 68.0 Å². The molecule has 5 nitrogen and oxygen atoms in total. The minimum Gasteiger partial charge on any atom is -0.507 e. The fourth-order valence-electron chi connectivity index (χ4n) is 3.36. The van der Waals surface area contributed by atoms with E-state index >= 15 is 0 Å². The number of carbonyl (C=O) groups excluding carboxylic acids is 1. The van der Waals surface area contributed by atoms with Crippen molar-refractivity contribution in [3.63, 3.8) is 0 Å². The molecular formula is C25H23N3O2S. The van der Waals surface area contributed by atoms with E-state index in [9.17, 15) is 9.90 Å². The molecule has 0 amide bonds. The quantitative estimate of drug-likeness (QED) is 0.387. The Morgan fingerprint density at radius 1 is 0.839 bits per heavy atom. The predicted molar refractivity (Wildman–Crippen MR) is 123 cm³/mol. The smallest absolute Gasteiger partial charge is 0.191 e. The highest BCUT2D eigenvalue weighted by Crippen LogP contribution is 2.30. The van der Waals surface area contributed by atoms with Crippen LogP contribution in [0.5, 0.6) is 5.75 Å². The number of carbonyl (C=O) groups is 1. The Kier molecular flexibility index (Phi) is 6.79. The van der Waals surface area contributed by atoms with Gasteiger partial charge in [0.1, 0.15) is 11.5 Å². The van der Waals surface area contributed by atoms with E-state index in [0.29, 0.717) is 35.3 Å². The number of thioether (sulfide) groups is 1. The van der Waals surface area contributed by atoms with Crippen LogP contribution >= 0.6 is 11.8 Å². The molecule has 1 aromatic heterocycles. The molecule has 31 heavy (non-hydrogen) atoms. The summed E-state index contributed by atoms with van der Waals surface area (Å²) in [6, 6.07) is 27.0. The van der Waals surface area contributed by atoms with E-state index in [4.69, 9.17) is 0 Å². The SMILES string of the molecule is O=C(CSc1nnc(-c2ccccc2O)n1CCc1ccccc1)Cc1ccccc1. The molecule has 0 aliphatic rings. The molecule has 0 aliphatic heterocycles. The Hall–Kier alpha value is -3.38. The van der Waals surface area contributed by atoms with Gasteiger partial charge in [0.15, 0.2) is 11.0 Å². The normalized spacial score (nSPS) is 10.8. The van der Waals surface area contributed by atoms with Crippen LogP contribution in [-0.2, 0) is 24.2 Å². The average Bonchev–Trinajstić information content (AvgIpc) is 3.20. The lowest BCUT2D eigenvalue weighted by molar-refractivity contribution is -0.116. The number of rotatable bonds is 9. The van der Waals surface area contributed by atoms with Gasteiger partial charge in [-0.2, -0.15) is 0 Å². The van der Waals surface area contributed by atoms with Crippen LogP contribution in [0.2, 0.25) is 0 Å². The van der Waals surface area contributed by atoms with Crippen LogP contribution in [0.4, 0.5) is 0 Å². The molecule has 0 bridgehead atoms. The van der Waals surface area contributed by atoms with E-state index in [1.807, 2.05) is 65.2 Å². The van der Waals surface area contributed by atoms with Crippen molar-refractivity contribution < 1.29 is 9.90 Å². The number of aromatic hydroxyl groups is 1. The lowest BCUT2D eigenvalue weighted by atomic mass is 10.1. The first kappa shape index (κ1) is 20.9. The molecule has 0 saturated heterocycles. The Morgan fingerprint density at radius 2 is 1.48 bits per heavy atom. The number of ketones is 1. The molecule has 3 aromatic carbocycles. The maximum atomic E-state index is 12.5. The van der Waals surface area contributed by atoms with Gasteiger partial charge in [0.25, 0.3) is 0 Å². The number of hydrogen-bond donors (Lipinski definition) is 1. The van der Waals surface area contributed by atoms with E-state index in [-0.39, 0.29) is 11.5 Å². The predicted octanol–water partition coefficient (Wildman–Crippen LogP) is 4.80. The number of nitrogens with zero attached hydrogens (tertiary/aromatic N) is 3. The van der Waals surface area contributed by atoms with Gasteiger partial charge in [0, 0.05) is 13.0 Å². The van der Waals surface area contributed by atoms with Crippen LogP contribution in [0.25, 0.3) is 11.4 Å². The van der Waals surface area contributed by atoms with Crippen molar-refractivity contribution in [2.75, 3.05) is 5.75 Å². The number of phenolic OH excluding ortho intramolecular Hbond substituents is 1. The number of aryl methyl sites for hydroxylation is 1. The molecule has 0 saturated carbocycles. The van der Waals surface area contributed by atoms with Gasteiger partial charge in [0.05, 0.1) is 11.3 Å². The number of aromatic nitrogens is 3. The van der Waals surface area contributed by atoms with Crippen molar-refractivity contribution in [2.24, 2.45) is 0 Å². The summed E-state index contributed by atoms with van der Waals surface area (Å²) in [4.78, 5) is 12.5. The van der Waals surface area contributed by atoms with Crippen molar-refractivity contribution in [1.82, 2.24) is 14.8 Å².